The van der Waals surface area contributed by atoms with Crippen molar-refractivity contribution in [2.45, 2.75) is 18.9 Å². The predicted octanol–water partition coefficient (Wildman–Crippen LogP) is 0.00450. The first kappa shape index (κ1) is 17.8. The molecular formula is C13H21N5O4. The Labute approximate surface area is 128 Å². The van der Waals surface area contributed by atoms with Gasteiger partial charge in [0.2, 0.25) is 5.82 Å². The molecule has 0 spiro atoms. The highest BCUT2D eigenvalue weighted by Gasteiger charge is 2.27. The van der Waals surface area contributed by atoms with E-state index in [1.54, 1.807) is 6.92 Å². The first-order valence-corrected chi connectivity index (χ1v) is 6.68. The topological polar surface area (TPSA) is 135 Å². The van der Waals surface area contributed by atoms with Gasteiger partial charge in [-0.15, -0.1) is 0 Å². The van der Waals surface area contributed by atoms with Crippen molar-refractivity contribution in [3.8, 4) is 0 Å². The Morgan fingerprint density at radius 1 is 1.59 bits per heavy atom. The van der Waals surface area contributed by atoms with E-state index in [-0.39, 0.29) is 17.9 Å². The highest BCUT2D eigenvalue weighted by molar-refractivity contribution is 5.99. The second-order valence-electron chi connectivity index (χ2n) is 5.58. The van der Waals surface area contributed by atoms with Crippen LogP contribution in [0.3, 0.4) is 0 Å². The first-order valence-electron chi connectivity index (χ1n) is 6.68. The minimum Gasteiger partial charge on any atom is -0.388 e. The zero-order valence-corrected chi connectivity index (χ0v) is 12.9. The maximum absolute atomic E-state index is 12.1. The molecule has 0 aliphatic carbocycles. The molecule has 0 radical (unpaired) electrons. The Kier molecular flexibility index (Phi) is 5.77. The highest BCUT2D eigenvalue weighted by atomic mass is 16.6. The smallest absolute Gasteiger partial charge is 0.323 e. The average molecular weight is 311 g/mol. The number of carbonyl (C=O) groups is 1. The summed E-state index contributed by atoms with van der Waals surface area (Å²) in [6.07, 6.45) is 1.67. The van der Waals surface area contributed by atoms with Crippen molar-refractivity contribution < 1.29 is 14.8 Å². The van der Waals surface area contributed by atoms with E-state index >= 15 is 0 Å². The molecule has 9 nitrogen and oxygen atoms in total. The molecule has 0 bridgehead atoms. The summed E-state index contributed by atoms with van der Waals surface area (Å²) in [5.41, 5.74) is 3.60. The maximum atomic E-state index is 12.1. The van der Waals surface area contributed by atoms with Gasteiger partial charge in [0, 0.05) is 19.3 Å². The van der Waals surface area contributed by atoms with Crippen LogP contribution in [0.2, 0.25) is 0 Å². The number of pyridine rings is 1. The SMILES string of the molecule is CN(C)CCC(C)(O)CNC(=O)c1ccnc(N)c1[N+](=O)[O-]. The van der Waals surface area contributed by atoms with E-state index in [4.69, 9.17) is 5.73 Å². The summed E-state index contributed by atoms with van der Waals surface area (Å²) < 4.78 is 0. The van der Waals surface area contributed by atoms with Crippen LogP contribution in [0, 0.1) is 10.1 Å². The number of hydrogen-bond donors (Lipinski definition) is 3. The van der Waals surface area contributed by atoms with Gasteiger partial charge in [0.05, 0.1) is 10.5 Å². The van der Waals surface area contributed by atoms with Gasteiger partial charge >= 0.3 is 5.69 Å². The normalized spacial score (nSPS) is 13.7. The predicted molar refractivity (Wildman–Crippen MR) is 81.4 cm³/mol. The van der Waals surface area contributed by atoms with Crippen LogP contribution in [0.4, 0.5) is 11.5 Å². The van der Waals surface area contributed by atoms with Crippen LogP contribution in [0.5, 0.6) is 0 Å². The molecule has 0 fully saturated rings. The Balaban J connectivity index is 2.78. The monoisotopic (exact) mass is 311 g/mol. The number of amides is 1. The number of nitrogen functional groups attached to an aromatic ring is 1. The van der Waals surface area contributed by atoms with Crippen LogP contribution < -0.4 is 11.1 Å². The maximum Gasteiger partial charge on any atom is 0.323 e. The third kappa shape index (κ3) is 4.93. The second kappa shape index (κ2) is 7.14. The van der Waals surface area contributed by atoms with Crippen molar-refractivity contribution in [2.75, 3.05) is 32.9 Å². The van der Waals surface area contributed by atoms with Crippen molar-refractivity contribution in [3.63, 3.8) is 0 Å². The fraction of sp³-hybridized carbons (Fsp3) is 0.538. The zero-order valence-electron chi connectivity index (χ0n) is 12.9. The van der Waals surface area contributed by atoms with E-state index in [2.05, 4.69) is 10.3 Å². The summed E-state index contributed by atoms with van der Waals surface area (Å²) in [4.78, 5) is 27.8. The van der Waals surface area contributed by atoms with Gasteiger partial charge in [-0.2, -0.15) is 0 Å². The number of hydrogen-bond acceptors (Lipinski definition) is 7. The van der Waals surface area contributed by atoms with Crippen molar-refractivity contribution in [3.05, 3.63) is 27.9 Å². The Morgan fingerprint density at radius 2 is 2.23 bits per heavy atom. The van der Waals surface area contributed by atoms with Gasteiger partial charge in [-0.3, -0.25) is 14.9 Å². The van der Waals surface area contributed by atoms with Crippen molar-refractivity contribution in [1.29, 1.82) is 0 Å². The zero-order chi connectivity index (χ0) is 16.9. The van der Waals surface area contributed by atoms with Gasteiger partial charge in [-0.05, 0) is 33.5 Å². The number of carbonyl (C=O) groups excluding carboxylic acids is 1. The van der Waals surface area contributed by atoms with Gasteiger partial charge in [0.1, 0.15) is 5.56 Å². The number of nitro groups is 1. The summed E-state index contributed by atoms with van der Waals surface area (Å²) >= 11 is 0. The van der Waals surface area contributed by atoms with Crippen molar-refractivity contribution in [2.24, 2.45) is 0 Å². The summed E-state index contributed by atoms with van der Waals surface area (Å²) in [7, 11) is 3.75. The standard InChI is InChI=1S/C13H21N5O4/c1-13(20,5-7-17(2)3)8-16-12(19)9-4-6-15-11(14)10(9)18(21)22/h4,6,20H,5,7-8H2,1-3H3,(H2,14,15)(H,16,19). The van der Waals surface area contributed by atoms with Crippen LogP contribution >= 0.6 is 0 Å². The Morgan fingerprint density at radius 3 is 2.77 bits per heavy atom. The van der Waals surface area contributed by atoms with Crippen LogP contribution in [-0.2, 0) is 0 Å². The summed E-state index contributed by atoms with van der Waals surface area (Å²) in [5, 5.41) is 23.6. The van der Waals surface area contributed by atoms with E-state index in [1.165, 1.54) is 12.3 Å². The largest absolute Gasteiger partial charge is 0.388 e. The molecule has 0 aromatic carbocycles. The fourth-order valence-corrected chi connectivity index (χ4v) is 1.76. The molecule has 1 atom stereocenters. The molecule has 1 amide bonds. The van der Waals surface area contributed by atoms with Gasteiger partial charge in [0.15, 0.2) is 0 Å². The van der Waals surface area contributed by atoms with Crippen LogP contribution in [-0.4, -0.2) is 58.6 Å². The molecule has 1 unspecified atom stereocenters. The summed E-state index contributed by atoms with van der Waals surface area (Å²) in [6, 6.07) is 1.22. The molecule has 0 saturated carbocycles. The van der Waals surface area contributed by atoms with Gasteiger partial charge < -0.3 is 21.1 Å². The molecule has 9 heteroatoms. The molecule has 1 aromatic rings. The van der Waals surface area contributed by atoms with Gasteiger partial charge in [-0.1, -0.05) is 0 Å². The van der Waals surface area contributed by atoms with E-state index in [9.17, 15) is 20.0 Å². The third-order valence-corrected chi connectivity index (χ3v) is 3.11. The van der Waals surface area contributed by atoms with E-state index < -0.39 is 22.1 Å². The minimum absolute atomic E-state index is 0.0287. The molecule has 0 aliphatic rings. The summed E-state index contributed by atoms with van der Waals surface area (Å²) in [5.74, 6) is -0.997. The molecule has 1 rings (SSSR count). The quantitative estimate of drug-likeness (QED) is 0.476. The molecule has 22 heavy (non-hydrogen) atoms. The number of nitrogens with one attached hydrogen (secondary N) is 1. The number of nitrogens with zero attached hydrogens (tertiary/aromatic N) is 3. The molecule has 1 heterocycles. The van der Waals surface area contributed by atoms with E-state index in [1.807, 2.05) is 19.0 Å². The number of rotatable bonds is 7. The Bertz CT molecular complexity index is 559. The van der Waals surface area contributed by atoms with E-state index in [0.717, 1.165) is 0 Å². The lowest BCUT2D eigenvalue weighted by Gasteiger charge is -2.25. The van der Waals surface area contributed by atoms with Gasteiger partial charge in [-0.25, -0.2) is 4.98 Å². The van der Waals surface area contributed by atoms with Crippen molar-refractivity contribution in [1.82, 2.24) is 15.2 Å². The Hall–Kier alpha value is -2.26. The molecular weight excluding hydrogens is 290 g/mol. The fourth-order valence-electron chi connectivity index (χ4n) is 1.76. The van der Waals surface area contributed by atoms with Crippen LogP contribution in [0.1, 0.15) is 23.7 Å². The molecule has 122 valence electrons. The lowest BCUT2D eigenvalue weighted by Crippen LogP contribution is -2.42. The number of aromatic nitrogens is 1. The molecule has 0 saturated heterocycles. The lowest BCUT2D eigenvalue weighted by molar-refractivity contribution is -0.384. The highest BCUT2D eigenvalue weighted by Crippen LogP contribution is 2.23. The average Bonchev–Trinajstić information content (AvgIpc) is 2.42. The van der Waals surface area contributed by atoms with Crippen LogP contribution in [0.15, 0.2) is 12.3 Å². The van der Waals surface area contributed by atoms with Gasteiger partial charge in [0.25, 0.3) is 5.91 Å². The van der Waals surface area contributed by atoms with Crippen molar-refractivity contribution >= 4 is 17.4 Å². The summed E-state index contributed by atoms with van der Waals surface area (Å²) in [6.45, 7) is 2.20. The minimum atomic E-state index is -1.12. The number of anilines is 1. The molecule has 0 aliphatic heterocycles. The molecule has 1 aromatic heterocycles. The molecule has 4 N–H and O–H groups in total. The lowest BCUT2D eigenvalue weighted by atomic mass is 10.0. The van der Waals surface area contributed by atoms with E-state index in [0.29, 0.717) is 13.0 Å². The second-order valence-corrected chi connectivity index (χ2v) is 5.58. The number of aliphatic hydroxyl groups is 1. The number of nitrogens with two attached hydrogens (primary N) is 1. The third-order valence-electron chi connectivity index (χ3n) is 3.11. The first-order chi connectivity index (χ1) is 10.1. The van der Waals surface area contributed by atoms with Crippen LogP contribution in [0.25, 0.3) is 0 Å².